The van der Waals surface area contributed by atoms with E-state index in [2.05, 4.69) is 0 Å². The Kier molecular flexibility index (Phi) is 4.88. The lowest BCUT2D eigenvalue weighted by atomic mass is 10.1. The summed E-state index contributed by atoms with van der Waals surface area (Å²) in [5.41, 5.74) is 3.19. The molecule has 0 saturated heterocycles. The van der Waals surface area contributed by atoms with Crippen molar-refractivity contribution in [2.24, 2.45) is 0 Å². The highest BCUT2D eigenvalue weighted by Gasteiger charge is 2.31. The summed E-state index contributed by atoms with van der Waals surface area (Å²) in [6.07, 6.45) is -0.133. The van der Waals surface area contributed by atoms with Gasteiger partial charge in [0.15, 0.2) is 6.10 Å². The lowest BCUT2D eigenvalue weighted by Crippen LogP contribution is -2.39. The van der Waals surface area contributed by atoms with Gasteiger partial charge < -0.3 is 18.8 Å². The molecule has 0 bridgehead atoms. The molecule has 0 saturated carbocycles. The molecule has 0 unspecified atom stereocenters. The van der Waals surface area contributed by atoms with Crippen molar-refractivity contribution >= 4 is 28.5 Å². The van der Waals surface area contributed by atoms with Crippen molar-refractivity contribution < 1.29 is 23.5 Å². The number of ether oxygens (including phenoxy) is 2. The van der Waals surface area contributed by atoms with E-state index in [0.29, 0.717) is 17.7 Å². The Morgan fingerprint density at radius 3 is 2.71 bits per heavy atom. The molecule has 4 rings (SSSR count). The van der Waals surface area contributed by atoms with Gasteiger partial charge in [-0.3, -0.25) is 4.79 Å². The van der Waals surface area contributed by atoms with Crippen LogP contribution in [-0.4, -0.2) is 31.6 Å². The lowest BCUT2D eigenvalue weighted by Gasteiger charge is -2.21. The van der Waals surface area contributed by atoms with Crippen molar-refractivity contribution in [3.8, 4) is 0 Å². The predicted molar refractivity (Wildman–Crippen MR) is 104 cm³/mol. The van der Waals surface area contributed by atoms with Crippen molar-refractivity contribution in [3.05, 3.63) is 65.4 Å². The molecule has 0 radical (unpaired) electrons. The Labute approximate surface area is 162 Å². The van der Waals surface area contributed by atoms with Crippen molar-refractivity contribution in [2.75, 3.05) is 18.6 Å². The molecule has 28 heavy (non-hydrogen) atoms. The number of esters is 1. The maximum absolute atomic E-state index is 12.9. The first-order chi connectivity index (χ1) is 13.6. The fourth-order valence-electron chi connectivity index (χ4n) is 3.60. The summed E-state index contributed by atoms with van der Waals surface area (Å²) in [7, 11) is 1.55. The third kappa shape index (κ3) is 3.16. The van der Waals surface area contributed by atoms with Crippen LogP contribution in [0.15, 0.2) is 52.9 Å². The largest absolute Gasteiger partial charge is 0.449 e. The number of furan rings is 1. The van der Waals surface area contributed by atoms with E-state index in [1.807, 2.05) is 42.5 Å². The number of methoxy groups -OCH3 is 1. The molecule has 1 aromatic heterocycles. The van der Waals surface area contributed by atoms with Crippen LogP contribution in [0.5, 0.6) is 0 Å². The Morgan fingerprint density at radius 2 is 1.89 bits per heavy atom. The quantitative estimate of drug-likeness (QED) is 0.632. The number of hydrogen-bond donors (Lipinski definition) is 0. The zero-order chi connectivity index (χ0) is 19.7. The summed E-state index contributed by atoms with van der Waals surface area (Å²) in [4.78, 5) is 27.3. The molecule has 3 aromatic rings. The van der Waals surface area contributed by atoms with Gasteiger partial charge in [0.2, 0.25) is 5.76 Å². The van der Waals surface area contributed by atoms with Gasteiger partial charge in [0.25, 0.3) is 5.91 Å². The van der Waals surface area contributed by atoms with Gasteiger partial charge in [-0.25, -0.2) is 4.79 Å². The second-order valence-electron chi connectivity index (χ2n) is 6.76. The molecule has 2 heterocycles. The van der Waals surface area contributed by atoms with E-state index in [4.69, 9.17) is 13.9 Å². The number of hydrogen-bond acceptors (Lipinski definition) is 5. The third-order valence-corrected chi connectivity index (χ3v) is 4.96. The topological polar surface area (TPSA) is 69.0 Å². The zero-order valence-corrected chi connectivity index (χ0v) is 15.8. The van der Waals surface area contributed by atoms with Gasteiger partial charge in [0.1, 0.15) is 5.58 Å². The standard InChI is InChI=1S/C22H21NO5/c1-14(21(24)23-12-11-15-7-3-5-9-18(15)23)27-22(25)20-17(13-26-2)16-8-4-6-10-19(16)28-20/h3-10,14H,11-13H2,1-2H3/t14-/m0/s1. The smallest absolute Gasteiger partial charge is 0.375 e. The molecule has 0 aliphatic carbocycles. The van der Waals surface area contributed by atoms with Crippen LogP contribution < -0.4 is 4.90 Å². The van der Waals surface area contributed by atoms with Gasteiger partial charge in [0.05, 0.1) is 6.61 Å². The maximum Gasteiger partial charge on any atom is 0.375 e. The van der Waals surface area contributed by atoms with E-state index in [-0.39, 0.29) is 18.3 Å². The minimum atomic E-state index is -0.928. The molecular weight excluding hydrogens is 358 g/mol. The van der Waals surface area contributed by atoms with Crippen molar-refractivity contribution in [1.82, 2.24) is 0 Å². The highest BCUT2D eigenvalue weighted by Crippen LogP contribution is 2.30. The molecule has 0 spiro atoms. The van der Waals surface area contributed by atoms with Gasteiger partial charge >= 0.3 is 5.97 Å². The summed E-state index contributed by atoms with van der Waals surface area (Å²) < 4.78 is 16.4. The molecule has 0 N–H and O–H groups in total. The van der Waals surface area contributed by atoms with E-state index in [1.54, 1.807) is 25.0 Å². The number of carbonyl (C=O) groups excluding carboxylic acids is 2. The molecular formula is C22H21NO5. The fourth-order valence-corrected chi connectivity index (χ4v) is 3.60. The van der Waals surface area contributed by atoms with Crippen LogP contribution in [0.25, 0.3) is 11.0 Å². The van der Waals surface area contributed by atoms with Crippen molar-refractivity contribution in [2.45, 2.75) is 26.1 Å². The van der Waals surface area contributed by atoms with E-state index >= 15 is 0 Å². The summed E-state index contributed by atoms with van der Waals surface area (Å²) in [5.74, 6) is -0.844. The first-order valence-electron chi connectivity index (χ1n) is 9.19. The Morgan fingerprint density at radius 1 is 1.14 bits per heavy atom. The molecule has 1 aliphatic heterocycles. The summed E-state index contributed by atoms with van der Waals surface area (Å²) >= 11 is 0. The average molecular weight is 379 g/mol. The number of rotatable bonds is 5. The number of nitrogens with zero attached hydrogens (tertiary/aromatic N) is 1. The van der Waals surface area contributed by atoms with Crippen molar-refractivity contribution in [3.63, 3.8) is 0 Å². The van der Waals surface area contributed by atoms with Crippen LogP contribution in [0.1, 0.15) is 28.6 Å². The second-order valence-corrected chi connectivity index (χ2v) is 6.76. The monoisotopic (exact) mass is 379 g/mol. The van der Waals surface area contributed by atoms with Gasteiger partial charge in [-0.05, 0) is 31.0 Å². The van der Waals surface area contributed by atoms with Crippen LogP contribution in [-0.2, 0) is 27.3 Å². The Bertz CT molecular complexity index is 1040. The minimum absolute atomic E-state index is 0.0736. The van der Waals surface area contributed by atoms with Crippen LogP contribution in [0.4, 0.5) is 5.69 Å². The molecule has 6 heteroatoms. The predicted octanol–water partition coefficient (Wildman–Crippen LogP) is 3.71. The van der Waals surface area contributed by atoms with Gasteiger partial charge in [0, 0.05) is 30.3 Å². The van der Waals surface area contributed by atoms with Gasteiger partial charge in [-0.2, -0.15) is 0 Å². The van der Waals surface area contributed by atoms with E-state index in [0.717, 1.165) is 23.1 Å². The van der Waals surface area contributed by atoms with E-state index in [9.17, 15) is 9.59 Å². The summed E-state index contributed by atoms with van der Waals surface area (Å²) in [5, 5.41) is 0.795. The summed E-state index contributed by atoms with van der Waals surface area (Å²) in [6.45, 7) is 2.38. The van der Waals surface area contributed by atoms with Crippen LogP contribution in [0.3, 0.4) is 0 Å². The van der Waals surface area contributed by atoms with E-state index in [1.165, 1.54) is 0 Å². The van der Waals surface area contributed by atoms with Gasteiger partial charge in [-0.15, -0.1) is 0 Å². The number of anilines is 1. The SMILES string of the molecule is COCc1c(C(=O)O[C@@H](C)C(=O)N2CCc3ccccc32)oc2ccccc12. The fraction of sp³-hybridized carbons (Fsp3) is 0.273. The molecule has 0 fully saturated rings. The average Bonchev–Trinajstić information content (AvgIpc) is 3.30. The first-order valence-corrected chi connectivity index (χ1v) is 9.19. The number of benzene rings is 2. The Hall–Kier alpha value is -3.12. The van der Waals surface area contributed by atoms with E-state index < -0.39 is 12.1 Å². The van der Waals surface area contributed by atoms with Crippen molar-refractivity contribution in [1.29, 1.82) is 0 Å². The van der Waals surface area contributed by atoms with Crippen LogP contribution in [0, 0.1) is 0 Å². The van der Waals surface area contributed by atoms with Gasteiger partial charge in [-0.1, -0.05) is 36.4 Å². The second kappa shape index (κ2) is 7.48. The third-order valence-electron chi connectivity index (χ3n) is 4.96. The highest BCUT2D eigenvalue weighted by atomic mass is 16.6. The normalized spacial score (nSPS) is 14.1. The molecule has 144 valence electrons. The maximum atomic E-state index is 12.9. The number of carbonyl (C=O) groups is 2. The highest BCUT2D eigenvalue weighted by molar-refractivity contribution is 6.01. The molecule has 1 aliphatic rings. The number of fused-ring (bicyclic) bond motifs is 2. The minimum Gasteiger partial charge on any atom is -0.449 e. The van der Waals surface area contributed by atoms with Crippen LogP contribution in [0.2, 0.25) is 0 Å². The van der Waals surface area contributed by atoms with Crippen LogP contribution >= 0.6 is 0 Å². The molecule has 6 nitrogen and oxygen atoms in total. The summed E-state index contributed by atoms with van der Waals surface area (Å²) in [6, 6.07) is 15.1. The lowest BCUT2D eigenvalue weighted by molar-refractivity contribution is -0.126. The zero-order valence-electron chi connectivity index (χ0n) is 15.8. The number of para-hydroxylation sites is 2. The molecule has 2 aromatic carbocycles. The number of amides is 1. The Balaban J connectivity index is 1.55. The first kappa shape index (κ1) is 18.3. The molecule has 1 atom stereocenters. The molecule has 1 amide bonds.